The first-order chi connectivity index (χ1) is 11.3. The molecule has 3 aliphatic heterocycles. The van der Waals surface area contributed by atoms with E-state index >= 15 is 0 Å². The Kier molecular flexibility index (Phi) is 4.63. The van der Waals surface area contributed by atoms with Gasteiger partial charge in [-0.05, 0) is 12.1 Å². The molecule has 1 aromatic rings. The van der Waals surface area contributed by atoms with Crippen LogP contribution in [0.3, 0.4) is 0 Å². The van der Waals surface area contributed by atoms with Crippen LogP contribution in [0.15, 0.2) is 30.3 Å². The third kappa shape index (κ3) is 4.98. The normalized spacial score (nSPS) is 30.5. The van der Waals surface area contributed by atoms with Crippen molar-refractivity contribution in [2.45, 2.75) is 18.3 Å². The maximum Gasteiger partial charge on any atom is 0.749 e. The van der Waals surface area contributed by atoms with Gasteiger partial charge in [-0.3, -0.25) is 0 Å². The van der Waals surface area contributed by atoms with E-state index in [0.717, 1.165) is 0 Å². The summed E-state index contributed by atoms with van der Waals surface area (Å²) in [4.78, 5) is 0. The largest absolute Gasteiger partial charge is 0.749 e. The lowest BCUT2D eigenvalue weighted by molar-refractivity contribution is -0.00932. The smallest absolute Gasteiger partial charge is 0.480 e. The standard InChI is InChI=1S/C15H20O7Si/c1-2-4-12(5-3-1)22-23(19-9-13-6-16-13,20-10-14-7-17-14)21-11-15-8-18-15/h1-5,13-15H,6-11H2. The van der Waals surface area contributed by atoms with Crippen LogP contribution < -0.4 is 4.43 Å². The van der Waals surface area contributed by atoms with Crippen LogP contribution in [0.25, 0.3) is 0 Å². The molecule has 3 atom stereocenters. The molecular formula is C15H20O7Si. The van der Waals surface area contributed by atoms with Crippen LogP contribution in [-0.2, 0) is 27.5 Å². The Hall–Kier alpha value is -1.00. The molecule has 8 heteroatoms. The lowest BCUT2D eigenvalue weighted by Gasteiger charge is -2.27. The van der Waals surface area contributed by atoms with Crippen LogP contribution in [0.2, 0.25) is 0 Å². The van der Waals surface area contributed by atoms with Crippen molar-refractivity contribution >= 4 is 9.05 Å². The van der Waals surface area contributed by atoms with Gasteiger partial charge >= 0.3 is 9.05 Å². The molecule has 3 unspecified atom stereocenters. The van der Waals surface area contributed by atoms with Gasteiger partial charge in [-0.1, -0.05) is 18.2 Å². The van der Waals surface area contributed by atoms with Gasteiger partial charge in [-0.2, -0.15) is 0 Å². The molecule has 3 heterocycles. The fourth-order valence-electron chi connectivity index (χ4n) is 1.92. The molecule has 3 aliphatic rings. The van der Waals surface area contributed by atoms with Gasteiger partial charge in [0.1, 0.15) is 24.1 Å². The van der Waals surface area contributed by atoms with E-state index in [9.17, 15) is 0 Å². The minimum absolute atomic E-state index is 0.0998. The Bertz CT molecular complexity index is 461. The van der Waals surface area contributed by atoms with Crippen molar-refractivity contribution < 1.29 is 31.9 Å². The number of ether oxygens (including phenoxy) is 3. The van der Waals surface area contributed by atoms with Crippen LogP contribution in [0, 0.1) is 0 Å². The fraction of sp³-hybridized carbons (Fsp3) is 0.600. The summed E-state index contributed by atoms with van der Waals surface area (Å²) >= 11 is 0. The van der Waals surface area contributed by atoms with E-state index in [-0.39, 0.29) is 18.3 Å². The number of benzene rings is 1. The maximum atomic E-state index is 6.04. The average Bonchev–Trinajstić information content (AvgIpc) is 3.43. The molecule has 0 aliphatic carbocycles. The van der Waals surface area contributed by atoms with Gasteiger partial charge in [0.2, 0.25) is 0 Å². The number of hydrogen-bond acceptors (Lipinski definition) is 7. The predicted molar refractivity (Wildman–Crippen MR) is 79.9 cm³/mol. The quantitative estimate of drug-likeness (QED) is 0.435. The van der Waals surface area contributed by atoms with E-state index in [4.69, 9.17) is 31.9 Å². The molecule has 0 saturated carbocycles. The molecule has 0 amide bonds. The number of rotatable bonds is 11. The number of para-hydroxylation sites is 1. The first-order valence-electron chi connectivity index (χ1n) is 7.82. The highest BCUT2D eigenvalue weighted by molar-refractivity contribution is 6.54. The van der Waals surface area contributed by atoms with E-state index in [1.54, 1.807) is 0 Å². The Morgan fingerprint density at radius 3 is 1.61 bits per heavy atom. The molecule has 7 nitrogen and oxygen atoms in total. The highest BCUT2D eigenvalue weighted by Crippen LogP contribution is 2.24. The average molecular weight is 340 g/mol. The molecule has 0 aromatic heterocycles. The first-order valence-corrected chi connectivity index (χ1v) is 9.45. The van der Waals surface area contributed by atoms with Crippen LogP contribution in [-0.4, -0.2) is 67.0 Å². The predicted octanol–water partition coefficient (Wildman–Crippen LogP) is 0.747. The van der Waals surface area contributed by atoms with Crippen LogP contribution in [0.4, 0.5) is 0 Å². The summed E-state index contributed by atoms with van der Waals surface area (Å²) in [5.74, 6) is 0.657. The molecule has 0 radical (unpaired) electrons. The van der Waals surface area contributed by atoms with E-state index in [0.29, 0.717) is 45.4 Å². The molecule has 126 valence electrons. The molecule has 4 rings (SSSR count). The SMILES string of the molecule is c1ccc(O[Si](OCC2CO2)(OCC2CO2)OCC2CO2)cc1. The van der Waals surface area contributed by atoms with Crippen molar-refractivity contribution in [2.75, 3.05) is 39.6 Å². The third-order valence-corrected chi connectivity index (χ3v) is 5.58. The minimum atomic E-state index is -3.34. The highest BCUT2D eigenvalue weighted by atomic mass is 28.4. The summed E-state index contributed by atoms with van der Waals surface area (Å²) in [5, 5.41) is 0. The van der Waals surface area contributed by atoms with Crippen LogP contribution in [0.1, 0.15) is 0 Å². The van der Waals surface area contributed by atoms with Gasteiger partial charge in [0, 0.05) is 0 Å². The van der Waals surface area contributed by atoms with Crippen molar-refractivity contribution in [3.63, 3.8) is 0 Å². The zero-order valence-corrected chi connectivity index (χ0v) is 13.7. The van der Waals surface area contributed by atoms with Crippen LogP contribution in [0.5, 0.6) is 5.75 Å². The molecule has 0 N–H and O–H groups in total. The zero-order valence-electron chi connectivity index (χ0n) is 12.7. The van der Waals surface area contributed by atoms with E-state index < -0.39 is 9.05 Å². The van der Waals surface area contributed by atoms with Gasteiger partial charge in [0.05, 0.1) is 39.6 Å². The van der Waals surface area contributed by atoms with E-state index in [1.165, 1.54) is 0 Å². The molecule has 1 aromatic carbocycles. The summed E-state index contributed by atoms with van der Waals surface area (Å²) in [7, 11) is -3.34. The molecular weight excluding hydrogens is 320 g/mol. The van der Waals surface area contributed by atoms with Crippen molar-refractivity contribution in [2.24, 2.45) is 0 Å². The van der Waals surface area contributed by atoms with Gasteiger partial charge in [0.15, 0.2) is 0 Å². The fourth-order valence-corrected chi connectivity index (χ4v) is 3.95. The second-order valence-corrected chi connectivity index (χ2v) is 7.78. The van der Waals surface area contributed by atoms with Crippen molar-refractivity contribution in [1.82, 2.24) is 0 Å². The van der Waals surface area contributed by atoms with E-state index in [2.05, 4.69) is 0 Å². The summed E-state index contributed by atoms with van der Waals surface area (Å²) < 4.78 is 39.5. The Morgan fingerprint density at radius 2 is 1.22 bits per heavy atom. The zero-order chi connectivity index (χ0) is 15.5. The second kappa shape index (κ2) is 6.86. The summed E-state index contributed by atoms with van der Waals surface area (Å²) in [6, 6.07) is 9.42. The molecule has 3 saturated heterocycles. The van der Waals surface area contributed by atoms with Gasteiger partial charge < -0.3 is 31.9 Å². The molecule has 3 fully saturated rings. The molecule has 23 heavy (non-hydrogen) atoms. The first kappa shape index (κ1) is 15.5. The van der Waals surface area contributed by atoms with Crippen molar-refractivity contribution in [3.05, 3.63) is 30.3 Å². The lowest BCUT2D eigenvalue weighted by Crippen LogP contribution is -2.54. The van der Waals surface area contributed by atoms with Crippen LogP contribution >= 0.6 is 0 Å². The number of hydrogen-bond donors (Lipinski definition) is 0. The summed E-state index contributed by atoms with van der Waals surface area (Å²) in [6.07, 6.45) is 0.299. The van der Waals surface area contributed by atoms with Gasteiger partial charge in [-0.15, -0.1) is 0 Å². The Morgan fingerprint density at radius 1 is 0.783 bits per heavy atom. The monoisotopic (exact) mass is 340 g/mol. The topological polar surface area (TPSA) is 74.5 Å². The lowest BCUT2D eigenvalue weighted by atomic mass is 10.3. The van der Waals surface area contributed by atoms with Crippen molar-refractivity contribution in [1.29, 1.82) is 0 Å². The number of epoxide rings is 3. The Labute approximate surface area is 135 Å². The highest BCUT2D eigenvalue weighted by Gasteiger charge is 2.52. The molecule has 0 spiro atoms. The van der Waals surface area contributed by atoms with Crippen molar-refractivity contribution in [3.8, 4) is 5.75 Å². The maximum absolute atomic E-state index is 6.04. The summed E-state index contributed by atoms with van der Waals surface area (Å²) in [6.45, 7) is 3.30. The summed E-state index contributed by atoms with van der Waals surface area (Å²) in [5.41, 5.74) is 0. The van der Waals surface area contributed by atoms with E-state index in [1.807, 2.05) is 30.3 Å². The van der Waals surface area contributed by atoms with Gasteiger partial charge in [-0.25, -0.2) is 0 Å². The second-order valence-electron chi connectivity index (χ2n) is 5.71. The third-order valence-electron chi connectivity index (χ3n) is 3.53. The van der Waals surface area contributed by atoms with Gasteiger partial charge in [0.25, 0.3) is 0 Å². The minimum Gasteiger partial charge on any atom is -0.480 e. The Balaban J connectivity index is 1.45. The molecule has 0 bridgehead atoms.